The van der Waals surface area contributed by atoms with Crippen LogP contribution in [-0.4, -0.2) is 38.5 Å². The molecule has 3 aromatic rings. The number of nitro benzene ring substituents is 1. The highest BCUT2D eigenvalue weighted by Crippen LogP contribution is 2.33. The lowest BCUT2D eigenvalue weighted by molar-refractivity contribution is -0.384. The van der Waals surface area contributed by atoms with Crippen molar-refractivity contribution < 1.29 is 14.5 Å². The van der Waals surface area contributed by atoms with Crippen molar-refractivity contribution in [3.63, 3.8) is 0 Å². The minimum absolute atomic E-state index is 0.0394. The Morgan fingerprint density at radius 3 is 2.63 bits per heavy atom. The van der Waals surface area contributed by atoms with Crippen LogP contribution in [0.4, 0.5) is 11.4 Å². The van der Waals surface area contributed by atoms with Crippen LogP contribution in [0.25, 0.3) is 11.4 Å². The van der Waals surface area contributed by atoms with Crippen LogP contribution < -0.4 is 10.1 Å². The second kappa shape index (κ2) is 9.59. The summed E-state index contributed by atoms with van der Waals surface area (Å²) in [6.45, 7) is 2.54. The highest BCUT2D eigenvalue weighted by atomic mass is 35.5. The van der Waals surface area contributed by atoms with Crippen LogP contribution in [0.2, 0.25) is 5.02 Å². The molecular formula is C19H18ClN5O4S. The smallest absolute Gasteiger partial charge is 0.269 e. The lowest BCUT2D eigenvalue weighted by Crippen LogP contribution is -2.14. The lowest BCUT2D eigenvalue weighted by Gasteiger charge is -2.11. The Kier molecular flexibility index (Phi) is 6.91. The monoisotopic (exact) mass is 447 g/mol. The third-order valence-corrected chi connectivity index (χ3v) is 5.33. The molecule has 156 valence electrons. The molecule has 1 heterocycles. The number of halogens is 1. The zero-order chi connectivity index (χ0) is 21.7. The summed E-state index contributed by atoms with van der Waals surface area (Å²) < 4.78 is 7.27. The summed E-state index contributed by atoms with van der Waals surface area (Å²) in [7, 11) is 1.57. The molecule has 0 aliphatic carbocycles. The second-order valence-corrected chi connectivity index (χ2v) is 7.41. The van der Waals surface area contributed by atoms with Gasteiger partial charge in [-0.3, -0.25) is 14.9 Å². The lowest BCUT2D eigenvalue weighted by atomic mass is 10.2. The summed E-state index contributed by atoms with van der Waals surface area (Å²) in [6, 6.07) is 10.9. The van der Waals surface area contributed by atoms with Crippen LogP contribution in [0, 0.1) is 10.1 Å². The first-order chi connectivity index (χ1) is 14.4. The highest BCUT2D eigenvalue weighted by molar-refractivity contribution is 7.99. The third-order valence-electron chi connectivity index (χ3n) is 4.13. The predicted octanol–water partition coefficient (Wildman–Crippen LogP) is 4.27. The molecule has 0 atom stereocenters. The Hall–Kier alpha value is -3.11. The van der Waals surface area contributed by atoms with Gasteiger partial charge < -0.3 is 14.6 Å². The summed E-state index contributed by atoms with van der Waals surface area (Å²) in [6.07, 6.45) is 0. The summed E-state index contributed by atoms with van der Waals surface area (Å²) in [5.74, 6) is 1.05. The van der Waals surface area contributed by atoms with Crippen LogP contribution in [0.1, 0.15) is 6.92 Å². The molecule has 1 aromatic heterocycles. The zero-order valence-electron chi connectivity index (χ0n) is 16.2. The molecule has 0 radical (unpaired) electrons. The first-order valence-corrected chi connectivity index (χ1v) is 10.2. The van der Waals surface area contributed by atoms with Crippen LogP contribution in [0.3, 0.4) is 0 Å². The molecule has 0 saturated heterocycles. The van der Waals surface area contributed by atoms with Crippen molar-refractivity contribution in [2.75, 3.05) is 18.2 Å². The van der Waals surface area contributed by atoms with E-state index in [0.717, 1.165) is 0 Å². The van der Waals surface area contributed by atoms with Gasteiger partial charge in [0.05, 0.1) is 23.3 Å². The summed E-state index contributed by atoms with van der Waals surface area (Å²) in [5.41, 5.74) is 1.15. The van der Waals surface area contributed by atoms with Gasteiger partial charge in [-0.1, -0.05) is 23.4 Å². The average molecular weight is 448 g/mol. The number of thioether (sulfide) groups is 1. The summed E-state index contributed by atoms with van der Waals surface area (Å²) in [4.78, 5) is 22.5. The molecule has 0 saturated carbocycles. The van der Waals surface area contributed by atoms with Crippen molar-refractivity contribution >= 4 is 40.6 Å². The number of aromatic nitrogens is 3. The number of benzene rings is 2. The van der Waals surface area contributed by atoms with Crippen molar-refractivity contribution in [1.29, 1.82) is 0 Å². The third kappa shape index (κ3) is 4.89. The van der Waals surface area contributed by atoms with Gasteiger partial charge in [-0.25, -0.2) is 0 Å². The maximum absolute atomic E-state index is 12.3. The topological polar surface area (TPSA) is 112 Å². The predicted molar refractivity (Wildman–Crippen MR) is 115 cm³/mol. The van der Waals surface area contributed by atoms with Crippen molar-refractivity contribution in [3.8, 4) is 17.1 Å². The fourth-order valence-electron chi connectivity index (χ4n) is 2.73. The maximum Gasteiger partial charge on any atom is 0.269 e. The van der Waals surface area contributed by atoms with Crippen molar-refractivity contribution in [2.24, 2.45) is 0 Å². The molecule has 3 rings (SSSR count). The molecule has 0 aliphatic rings. The van der Waals surface area contributed by atoms with Gasteiger partial charge in [0.25, 0.3) is 5.69 Å². The molecule has 30 heavy (non-hydrogen) atoms. The number of anilines is 1. The fraction of sp³-hybridized carbons (Fsp3) is 0.211. The van der Waals surface area contributed by atoms with Gasteiger partial charge >= 0.3 is 0 Å². The van der Waals surface area contributed by atoms with Gasteiger partial charge in [0.15, 0.2) is 11.0 Å². The number of hydrogen-bond acceptors (Lipinski definition) is 7. The van der Waals surface area contributed by atoms with Crippen LogP contribution >= 0.6 is 23.4 Å². The van der Waals surface area contributed by atoms with E-state index in [0.29, 0.717) is 39.5 Å². The quantitative estimate of drug-likeness (QED) is 0.311. The van der Waals surface area contributed by atoms with E-state index in [9.17, 15) is 14.9 Å². The normalized spacial score (nSPS) is 10.6. The fourth-order valence-corrected chi connectivity index (χ4v) is 3.70. The number of carbonyl (C=O) groups excluding carboxylic acids is 1. The molecule has 0 spiro atoms. The van der Waals surface area contributed by atoms with Crippen LogP contribution in [0.5, 0.6) is 5.75 Å². The first kappa shape index (κ1) is 21.6. The number of nitrogens with zero attached hydrogens (tertiary/aromatic N) is 4. The van der Waals surface area contributed by atoms with Crippen molar-refractivity contribution in [1.82, 2.24) is 14.8 Å². The molecule has 1 N–H and O–H groups in total. The molecular weight excluding hydrogens is 430 g/mol. The number of methoxy groups -OCH3 is 1. The van der Waals surface area contributed by atoms with Crippen LogP contribution in [-0.2, 0) is 11.3 Å². The standard InChI is InChI=1S/C19H18ClN5O4S/c1-3-24-18(15-10-12(20)4-9-16(15)29-2)22-23-19(24)30-11-17(26)21-13-5-7-14(8-6-13)25(27)28/h4-10H,3,11H2,1-2H3,(H,21,26). The van der Waals surface area contributed by atoms with Gasteiger partial charge in [-0.15, -0.1) is 10.2 Å². The number of carbonyl (C=O) groups is 1. The van der Waals surface area contributed by atoms with E-state index in [-0.39, 0.29) is 17.3 Å². The summed E-state index contributed by atoms with van der Waals surface area (Å²) in [5, 5.41) is 23.0. The molecule has 0 unspecified atom stereocenters. The van der Waals surface area contributed by atoms with Crippen LogP contribution in [0.15, 0.2) is 47.6 Å². The highest BCUT2D eigenvalue weighted by Gasteiger charge is 2.18. The number of amides is 1. The van der Waals surface area contributed by atoms with Gasteiger partial charge in [0.1, 0.15) is 5.75 Å². The molecule has 2 aromatic carbocycles. The summed E-state index contributed by atoms with van der Waals surface area (Å²) >= 11 is 7.36. The van der Waals surface area contributed by atoms with E-state index in [4.69, 9.17) is 16.3 Å². The maximum atomic E-state index is 12.3. The molecule has 0 aliphatic heterocycles. The number of nitrogens with one attached hydrogen (secondary N) is 1. The minimum atomic E-state index is -0.495. The first-order valence-electron chi connectivity index (χ1n) is 8.87. The largest absolute Gasteiger partial charge is 0.496 e. The van der Waals surface area contributed by atoms with E-state index >= 15 is 0 Å². The molecule has 1 amide bonds. The molecule has 0 bridgehead atoms. The van der Waals surface area contributed by atoms with Crippen molar-refractivity contribution in [3.05, 3.63) is 57.6 Å². The van der Waals surface area contributed by atoms with E-state index in [1.807, 2.05) is 11.5 Å². The number of hydrogen-bond donors (Lipinski definition) is 1. The molecule has 11 heteroatoms. The molecule has 0 fully saturated rings. The minimum Gasteiger partial charge on any atom is -0.496 e. The Balaban J connectivity index is 1.71. The Bertz CT molecular complexity index is 1070. The Morgan fingerprint density at radius 1 is 1.27 bits per heavy atom. The Labute approximate surface area is 181 Å². The Morgan fingerprint density at radius 2 is 2.00 bits per heavy atom. The van der Waals surface area contributed by atoms with Gasteiger partial charge in [-0.2, -0.15) is 0 Å². The number of ether oxygens (including phenoxy) is 1. The second-order valence-electron chi connectivity index (χ2n) is 6.04. The van der Waals surface area contributed by atoms with Gasteiger partial charge in [0, 0.05) is 29.4 Å². The van der Waals surface area contributed by atoms with E-state index in [2.05, 4.69) is 15.5 Å². The van der Waals surface area contributed by atoms with Crippen molar-refractivity contribution in [2.45, 2.75) is 18.6 Å². The van der Waals surface area contributed by atoms with E-state index in [1.165, 1.54) is 36.0 Å². The zero-order valence-corrected chi connectivity index (χ0v) is 17.7. The molecule has 9 nitrogen and oxygen atoms in total. The van der Waals surface area contributed by atoms with Gasteiger partial charge in [0.2, 0.25) is 5.91 Å². The SMILES string of the molecule is CCn1c(SCC(=O)Nc2ccc([N+](=O)[O-])cc2)nnc1-c1cc(Cl)ccc1OC. The average Bonchev–Trinajstić information content (AvgIpc) is 3.15. The van der Waals surface area contributed by atoms with E-state index in [1.54, 1.807) is 25.3 Å². The number of non-ortho nitro benzene ring substituents is 1. The number of nitro groups is 1. The van der Waals surface area contributed by atoms with E-state index < -0.39 is 4.92 Å². The van der Waals surface area contributed by atoms with Gasteiger partial charge in [-0.05, 0) is 37.3 Å². The number of rotatable bonds is 8.